The van der Waals surface area contributed by atoms with Crippen LogP contribution in [0.15, 0.2) is 42.5 Å². The van der Waals surface area contributed by atoms with Crippen LogP contribution in [0.5, 0.6) is 5.75 Å². The number of unbranched alkanes of at least 4 members (excludes halogenated alkanes) is 1. The Kier molecular flexibility index (Phi) is 7.64. The zero-order valence-electron chi connectivity index (χ0n) is 13.9. The SMILES string of the molecule is Cc1cc(/C=C/CNCCCCc2ccc(Cl)c(Cl)c2)ccc1O. The van der Waals surface area contributed by atoms with Gasteiger partial charge in [0, 0.05) is 6.54 Å². The highest BCUT2D eigenvalue weighted by Gasteiger charge is 1.99. The van der Waals surface area contributed by atoms with E-state index in [0.717, 1.165) is 43.5 Å². The van der Waals surface area contributed by atoms with Gasteiger partial charge in [-0.3, -0.25) is 0 Å². The number of aromatic hydroxyl groups is 1. The highest BCUT2D eigenvalue weighted by atomic mass is 35.5. The van der Waals surface area contributed by atoms with Crippen LogP contribution < -0.4 is 5.32 Å². The van der Waals surface area contributed by atoms with Crippen molar-refractivity contribution in [3.8, 4) is 5.75 Å². The van der Waals surface area contributed by atoms with Crippen LogP contribution in [0.2, 0.25) is 10.0 Å². The largest absolute Gasteiger partial charge is 0.508 e. The van der Waals surface area contributed by atoms with Crippen LogP contribution in [0.3, 0.4) is 0 Å². The molecule has 0 heterocycles. The lowest BCUT2D eigenvalue weighted by atomic mass is 10.1. The van der Waals surface area contributed by atoms with Gasteiger partial charge in [-0.25, -0.2) is 0 Å². The maximum atomic E-state index is 9.50. The molecule has 128 valence electrons. The molecule has 0 aromatic heterocycles. The van der Waals surface area contributed by atoms with Crippen molar-refractivity contribution < 1.29 is 5.11 Å². The van der Waals surface area contributed by atoms with Gasteiger partial charge in [0.1, 0.15) is 5.75 Å². The Labute approximate surface area is 154 Å². The molecule has 0 atom stereocenters. The van der Waals surface area contributed by atoms with Crippen molar-refractivity contribution in [3.63, 3.8) is 0 Å². The summed E-state index contributed by atoms with van der Waals surface area (Å²) in [6.45, 7) is 3.73. The molecule has 2 aromatic carbocycles. The summed E-state index contributed by atoms with van der Waals surface area (Å²) in [7, 11) is 0. The molecule has 0 aliphatic carbocycles. The first-order valence-corrected chi connectivity index (χ1v) is 8.92. The van der Waals surface area contributed by atoms with Gasteiger partial charge in [-0.2, -0.15) is 0 Å². The molecule has 0 unspecified atom stereocenters. The minimum absolute atomic E-state index is 0.340. The van der Waals surface area contributed by atoms with Crippen molar-refractivity contribution in [1.82, 2.24) is 5.32 Å². The predicted octanol–water partition coefficient (Wildman–Crippen LogP) is 5.63. The molecule has 2 aromatic rings. The van der Waals surface area contributed by atoms with Gasteiger partial charge < -0.3 is 10.4 Å². The molecule has 0 bridgehead atoms. The molecule has 0 amide bonds. The molecule has 0 aliphatic rings. The lowest BCUT2D eigenvalue weighted by Crippen LogP contribution is -2.15. The van der Waals surface area contributed by atoms with Gasteiger partial charge in [-0.05, 0) is 73.7 Å². The van der Waals surface area contributed by atoms with E-state index in [-0.39, 0.29) is 0 Å². The summed E-state index contributed by atoms with van der Waals surface area (Å²) >= 11 is 11.9. The molecule has 0 aliphatic heterocycles. The fourth-order valence-electron chi connectivity index (χ4n) is 2.44. The molecule has 2 N–H and O–H groups in total. The van der Waals surface area contributed by atoms with Crippen molar-refractivity contribution in [3.05, 3.63) is 69.2 Å². The molecule has 0 saturated carbocycles. The third-order valence-corrected chi connectivity index (χ3v) is 4.59. The van der Waals surface area contributed by atoms with Crippen LogP contribution >= 0.6 is 23.2 Å². The first-order chi connectivity index (χ1) is 11.6. The molecule has 2 nitrogen and oxygen atoms in total. The number of phenols is 1. The van der Waals surface area contributed by atoms with E-state index in [2.05, 4.69) is 17.5 Å². The van der Waals surface area contributed by atoms with Crippen molar-refractivity contribution in [2.75, 3.05) is 13.1 Å². The van der Waals surface area contributed by atoms with Crippen LogP contribution in [-0.2, 0) is 6.42 Å². The number of rotatable bonds is 8. The first-order valence-electron chi connectivity index (χ1n) is 8.17. The Morgan fingerprint density at radius 1 is 1.04 bits per heavy atom. The minimum atomic E-state index is 0.340. The minimum Gasteiger partial charge on any atom is -0.508 e. The highest BCUT2D eigenvalue weighted by Crippen LogP contribution is 2.23. The zero-order chi connectivity index (χ0) is 17.4. The monoisotopic (exact) mass is 363 g/mol. The van der Waals surface area contributed by atoms with E-state index >= 15 is 0 Å². The van der Waals surface area contributed by atoms with E-state index < -0.39 is 0 Å². The second-order valence-electron chi connectivity index (χ2n) is 5.86. The molecule has 0 fully saturated rings. The molecule has 24 heavy (non-hydrogen) atoms. The lowest BCUT2D eigenvalue weighted by molar-refractivity contribution is 0.471. The van der Waals surface area contributed by atoms with E-state index in [9.17, 15) is 5.11 Å². The van der Waals surface area contributed by atoms with Gasteiger partial charge in [-0.1, -0.05) is 47.5 Å². The normalized spacial score (nSPS) is 11.3. The topological polar surface area (TPSA) is 32.3 Å². The van der Waals surface area contributed by atoms with Gasteiger partial charge >= 0.3 is 0 Å². The molecule has 0 saturated heterocycles. The molecule has 0 spiro atoms. The number of halogens is 2. The standard InChI is InChI=1S/C20H23Cl2NO/c1-15-13-16(8-10-20(15)24)6-4-12-23-11-3-2-5-17-7-9-18(21)19(22)14-17/h4,6-10,13-14,23-24H,2-3,5,11-12H2,1H3/b6-4+. The van der Waals surface area contributed by atoms with Gasteiger partial charge in [0.05, 0.1) is 10.0 Å². The Hall–Kier alpha value is -1.48. The van der Waals surface area contributed by atoms with E-state index in [1.165, 1.54) is 5.56 Å². The third-order valence-electron chi connectivity index (χ3n) is 3.85. The van der Waals surface area contributed by atoms with E-state index in [1.807, 2.05) is 37.3 Å². The lowest BCUT2D eigenvalue weighted by Gasteiger charge is -2.04. The summed E-state index contributed by atoms with van der Waals surface area (Å²) in [6, 6.07) is 11.4. The van der Waals surface area contributed by atoms with Crippen LogP contribution in [0.4, 0.5) is 0 Å². The first kappa shape index (κ1) is 18.9. The number of phenolic OH excluding ortho intramolecular Hbond substituents is 1. The molecule has 2 rings (SSSR count). The summed E-state index contributed by atoms with van der Waals surface area (Å²) in [5.74, 6) is 0.340. The molecular formula is C20H23Cl2NO. The Bertz CT molecular complexity index is 698. The zero-order valence-corrected chi connectivity index (χ0v) is 15.4. The number of benzene rings is 2. The van der Waals surface area contributed by atoms with Gasteiger partial charge in [0.25, 0.3) is 0 Å². The van der Waals surface area contributed by atoms with E-state index in [0.29, 0.717) is 15.8 Å². The van der Waals surface area contributed by atoms with Crippen LogP contribution in [0, 0.1) is 6.92 Å². The molecule has 4 heteroatoms. The summed E-state index contributed by atoms with van der Waals surface area (Å²) in [5, 5.41) is 14.1. The maximum Gasteiger partial charge on any atom is 0.118 e. The second-order valence-corrected chi connectivity index (χ2v) is 6.67. The Morgan fingerprint density at radius 2 is 1.88 bits per heavy atom. The fraction of sp³-hybridized carbons (Fsp3) is 0.300. The predicted molar refractivity (Wildman–Crippen MR) is 104 cm³/mol. The van der Waals surface area contributed by atoms with Gasteiger partial charge in [0.15, 0.2) is 0 Å². The average Bonchev–Trinajstić information content (AvgIpc) is 2.56. The molecular weight excluding hydrogens is 341 g/mol. The van der Waals surface area contributed by atoms with Crippen molar-refractivity contribution in [2.24, 2.45) is 0 Å². The van der Waals surface area contributed by atoms with Gasteiger partial charge in [-0.15, -0.1) is 0 Å². The second kappa shape index (κ2) is 9.73. The van der Waals surface area contributed by atoms with Crippen LogP contribution in [-0.4, -0.2) is 18.2 Å². The van der Waals surface area contributed by atoms with E-state index in [1.54, 1.807) is 6.07 Å². The van der Waals surface area contributed by atoms with Crippen LogP contribution in [0.25, 0.3) is 6.08 Å². The molecule has 0 radical (unpaired) electrons. The number of hydrogen-bond acceptors (Lipinski definition) is 2. The smallest absolute Gasteiger partial charge is 0.118 e. The Balaban J connectivity index is 1.60. The van der Waals surface area contributed by atoms with E-state index in [4.69, 9.17) is 23.2 Å². The summed E-state index contributed by atoms with van der Waals surface area (Å²) in [4.78, 5) is 0. The maximum absolute atomic E-state index is 9.50. The number of hydrogen-bond donors (Lipinski definition) is 2. The quantitative estimate of drug-likeness (QED) is 0.595. The van der Waals surface area contributed by atoms with Crippen molar-refractivity contribution in [1.29, 1.82) is 0 Å². The number of aryl methyl sites for hydroxylation is 2. The van der Waals surface area contributed by atoms with Gasteiger partial charge in [0.2, 0.25) is 0 Å². The highest BCUT2D eigenvalue weighted by molar-refractivity contribution is 6.42. The van der Waals surface area contributed by atoms with Crippen molar-refractivity contribution >= 4 is 29.3 Å². The third kappa shape index (κ3) is 6.20. The van der Waals surface area contributed by atoms with Crippen molar-refractivity contribution in [2.45, 2.75) is 26.2 Å². The Morgan fingerprint density at radius 3 is 2.62 bits per heavy atom. The number of nitrogens with one attached hydrogen (secondary N) is 1. The van der Waals surface area contributed by atoms with Crippen LogP contribution in [0.1, 0.15) is 29.5 Å². The fourth-order valence-corrected chi connectivity index (χ4v) is 2.76. The summed E-state index contributed by atoms with van der Waals surface area (Å²) in [5.41, 5.74) is 3.23. The average molecular weight is 364 g/mol. The summed E-state index contributed by atoms with van der Waals surface area (Å²) in [6.07, 6.45) is 7.42. The summed E-state index contributed by atoms with van der Waals surface area (Å²) < 4.78 is 0.